The molecule has 5 heteroatoms. The molecule has 0 N–H and O–H groups in total. The summed E-state index contributed by atoms with van der Waals surface area (Å²) in [6.45, 7) is 5.18. The molecule has 2 aromatic carbocycles. The van der Waals surface area contributed by atoms with Crippen LogP contribution in [-0.4, -0.2) is 6.88 Å². The van der Waals surface area contributed by atoms with E-state index in [1.54, 1.807) is 0 Å². The molecule has 0 aliphatic heterocycles. The van der Waals surface area contributed by atoms with Crippen LogP contribution in [0.25, 0.3) is 10.8 Å². The van der Waals surface area contributed by atoms with Crippen molar-refractivity contribution < 1.29 is 23.3 Å². The number of hydrogen-bond donors (Lipinski definition) is 0. The van der Waals surface area contributed by atoms with Gasteiger partial charge < -0.3 is 14.9 Å². The molecule has 0 saturated carbocycles. The summed E-state index contributed by atoms with van der Waals surface area (Å²) in [4.78, 5) is 0. The van der Waals surface area contributed by atoms with Crippen LogP contribution in [0.15, 0.2) is 53.0 Å². The van der Waals surface area contributed by atoms with Crippen molar-refractivity contribution in [3.8, 4) is 0 Å². The minimum absolute atomic E-state index is 0. The van der Waals surface area contributed by atoms with E-state index in [2.05, 4.69) is 72.2 Å². The molecular formula is C17H21BrCl2SiZr-4. The molecule has 0 fully saturated rings. The SMILES string of the molecule is Cc1cc2c(Br)cccc2[cH-]1.Cl.Cl.[C-]1=CC=CC1.[CH3-].[CH3-].[Si]=[Zr]. The fourth-order valence-electron chi connectivity index (χ4n) is 1.69. The third-order valence-corrected chi connectivity index (χ3v) is 3.12. The Morgan fingerprint density at radius 2 is 1.86 bits per heavy atom. The molecule has 0 heterocycles. The van der Waals surface area contributed by atoms with Crippen LogP contribution in [0, 0.1) is 27.9 Å². The van der Waals surface area contributed by atoms with Crippen molar-refractivity contribution in [2.24, 2.45) is 0 Å². The van der Waals surface area contributed by atoms with E-state index in [0.29, 0.717) is 0 Å². The van der Waals surface area contributed by atoms with Gasteiger partial charge in [-0.05, 0) is 4.47 Å². The van der Waals surface area contributed by atoms with Gasteiger partial charge in [-0.2, -0.15) is 12.1 Å². The van der Waals surface area contributed by atoms with Gasteiger partial charge in [0.05, 0.1) is 0 Å². The number of allylic oxidation sites excluding steroid dienone is 4. The summed E-state index contributed by atoms with van der Waals surface area (Å²) in [5.41, 5.74) is 1.33. The Balaban J connectivity index is -0.000000129. The van der Waals surface area contributed by atoms with Crippen LogP contribution in [0.2, 0.25) is 0 Å². The van der Waals surface area contributed by atoms with Gasteiger partial charge in [0.1, 0.15) is 0 Å². The third-order valence-electron chi connectivity index (χ3n) is 2.43. The average molecular weight is 495 g/mol. The number of rotatable bonds is 0. The number of benzene rings is 1. The van der Waals surface area contributed by atoms with E-state index in [-0.39, 0.29) is 39.7 Å². The normalized spacial score (nSPS) is 9.50. The number of halogens is 3. The van der Waals surface area contributed by atoms with Crippen molar-refractivity contribution in [3.05, 3.63) is 79.5 Å². The van der Waals surface area contributed by atoms with Gasteiger partial charge in [-0.1, -0.05) is 28.9 Å². The van der Waals surface area contributed by atoms with Gasteiger partial charge in [0, 0.05) is 0 Å². The first-order chi connectivity index (χ1) is 8.77. The predicted octanol–water partition coefficient (Wildman–Crippen LogP) is 6.30. The molecule has 1 aliphatic rings. The summed E-state index contributed by atoms with van der Waals surface area (Å²) in [5, 5.41) is 2.63. The van der Waals surface area contributed by atoms with Crippen LogP contribution < -0.4 is 0 Å². The molecule has 0 atom stereocenters. The van der Waals surface area contributed by atoms with Crippen molar-refractivity contribution in [2.45, 2.75) is 13.3 Å². The van der Waals surface area contributed by atoms with Gasteiger partial charge in [0.15, 0.2) is 0 Å². The van der Waals surface area contributed by atoms with Gasteiger partial charge in [0.2, 0.25) is 0 Å². The van der Waals surface area contributed by atoms with Crippen molar-refractivity contribution in [1.29, 1.82) is 0 Å². The Kier molecular flexibility index (Phi) is 24.6. The molecule has 0 aromatic heterocycles. The molecule has 0 spiro atoms. The molecule has 0 saturated heterocycles. The number of fused-ring (bicyclic) bond motifs is 1. The van der Waals surface area contributed by atoms with Crippen molar-refractivity contribution in [3.63, 3.8) is 0 Å². The van der Waals surface area contributed by atoms with E-state index in [4.69, 9.17) is 0 Å². The predicted molar refractivity (Wildman–Crippen MR) is 107 cm³/mol. The summed E-state index contributed by atoms with van der Waals surface area (Å²) in [6, 6.07) is 10.7. The van der Waals surface area contributed by atoms with Crippen LogP contribution in [-0.2, 0) is 23.3 Å². The van der Waals surface area contributed by atoms with Crippen LogP contribution in [0.3, 0.4) is 0 Å². The molecule has 0 amide bonds. The first-order valence-electron chi connectivity index (χ1n) is 5.55. The zero-order chi connectivity index (χ0) is 13.4. The molecular weight excluding hydrogens is 474 g/mol. The first-order valence-corrected chi connectivity index (χ1v) is 10.5. The van der Waals surface area contributed by atoms with E-state index in [1.807, 2.05) is 12.2 Å². The second-order valence-corrected chi connectivity index (χ2v) is 4.63. The standard InChI is InChI=1S/C10H8Br.C5H5.2CH3.2ClH.Si.Zr/c1-7-5-8-3-2-4-10(11)9(8)6-7;1-2-4-5-3-1;;;;;;/h2-6H,1H3;1-3H,4H2;2*1H3;2*1H;;/q4*-1;;;;. The van der Waals surface area contributed by atoms with Crippen LogP contribution in [0.4, 0.5) is 0 Å². The van der Waals surface area contributed by atoms with E-state index < -0.39 is 0 Å². The molecule has 122 valence electrons. The van der Waals surface area contributed by atoms with E-state index >= 15 is 0 Å². The number of aryl methyl sites for hydroxylation is 1. The molecule has 0 bridgehead atoms. The zero-order valence-corrected chi connectivity index (χ0v) is 19.7. The average Bonchev–Trinajstić information content (AvgIpc) is 3.03. The van der Waals surface area contributed by atoms with Crippen molar-refractivity contribution in [1.82, 2.24) is 0 Å². The Hall–Kier alpha value is 0.470. The topological polar surface area (TPSA) is 0 Å². The summed E-state index contributed by atoms with van der Waals surface area (Å²) < 4.78 is 1.18. The van der Waals surface area contributed by atoms with Gasteiger partial charge in [-0.15, -0.1) is 65.8 Å². The first kappa shape index (κ1) is 30.4. The van der Waals surface area contributed by atoms with E-state index in [0.717, 1.165) is 6.42 Å². The van der Waals surface area contributed by atoms with Crippen molar-refractivity contribution in [2.75, 3.05) is 0 Å². The second-order valence-electron chi connectivity index (χ2n) is 3.78. The summed E-state index contributed by atoms with van der Waals surface area (Å²) in [5.74, 6) is 0. The maximum absolute atomic E-state index is 3.51. The van der Waals surface area contributed by atoms with Gasteiger partial charge in [-0.25, -0.2) is 12.2 Å². The fourth-order valence-corrected chi connectivity index (χ4v) is 2.18. The molecule has 0 unspecified atom stereocenters. The zero-order valence-electron chi connectivity index (χ0n) is 13.0. The Morgan fingerprint density at radius 1 is 1.23 bits per heavy atom. The van der Waals surface area contributed by atoms with Crippen molar-refractivity contribution >= 4 is 58.4 Å². The van der Waals surface area contributed by atoms with Crippen LogP contribution >= 0.6 is 40.7 Å². The maximum atomic E-state index is 3.51. The molecule has 1 aliphatic carbocycles. The van der Waals surface area contributed by atoms with Crippen LogP contribution in [0.5, 0.6) is 0 Å². The van der Waals surface area contributed by atoms with E-state index in [9.17, 15) is 0 Å². The fraction of sp³-hybridized carbons (Fsp3) is 0.118. The molecule has 2 radical (unpaired) electrons. The minimum atomic E-state index is 0. The van der Waals surface area contributed by atoms with Crippen LogP contribution in [0.1, 0.15) is 12.0 Å². The Morgan fingerprint density at radius 3 is 2.27 bits per heavy atom. The van der Waals surface area contributed by atoms with E-state index in [1.165, 1.54) is 44.1 Å². The molecule has 22 heavy (non-hydrogen) atoms. The quantitative estimate of drug-likeness (QED) is 0.298. The van der Waals surface area contributed by atoms with Gasteiger partial charge in [0.25, 0.3) is 0 Å². The Labute approximate surface area is 173 Å². The summed E-state index contributed by atoms with van der Waals surface area (Å²) in [7, 11) is 0. The number of hydrogen-bond acceptors (Lipinski definition) is 0. The summed E-state index contributed by atoms with van der Waals surface area (Å²) in [6.07, 6.45) is 10.0. The molecule has 3 rings (SSSR count). The van der Waals surface area contributed by atoms with Gasteiger partial charge >= 0.3 is 30.2 Å². The Bertz CT molecular complexity index is 555. The second kappa shape index (κ2) is 17.8. The molecule has 0 nitrogen and oxygen atoms in total. The van der Waals surface area contributed by atoms with Gasteiger partial charge in [-0.3, -0.25) is 6.08 Å². The third kappa shape index (κ3) is 10.3. The summed E-state index contributed by atoms with van der Waals surface area (Å²) >= 11 is 4.87. The molecule has 2 aromatic rings. The monoisotopic (exact) mass is 492 g/mol.